The van der Waals surface area contributed by atoms with E-state index in [-0.39, 0.29) is 16.4 Å². The average molecular weight is 410 g/mol. The van der Waals surface area contributed by atoms with Gasteiger partial charge in [0.2, 0.25) is 0 Å². The number of aryl methyl sites for hydroxylation is 1. The Kier molecular flexibility index (Phi) is 5.81. The highest BCUT2D eigenvalue weighted by Crippen LogP contribution is 2.35. The molecule has 6 nitrogen and oxygen atoms in total. The van der Waals surface area contributed by atoms with Crippen LogP contribution < -0.4 is 4.57 Å². The van der Waals surface area contributed by atoms with Gasteiger partial charge in [-0.15, -0.1) is 0 Å². The summed E-state index contributed by atoms with van der Waals surface area (Å²) in [4.78, 5) is -0.0666. The van der Waals surface area contributed by atoms with Crippen LogP contribution in [-0.4, -0.2) is 23.2 Å². The van der Waals surface area contributed by atoms with E-state index in [1.54, 1.807) is 34.9 Å². The zero-order chi connectivity index (χ0) is 21.0. The summed E-state index contributed by atoms with van der Waals surface area (Å²) in [5.41, 5.74) is 1.52. The molecule has 0 bridgehead atoms. The molecule has 3 N–H and O–H groups in total. The third kappa shape index (κ3) is 4.71. The lowest BCUT2D eigenvalue weighted by molar-refractivity contribution is -0.596. The Balaban J connectivity index is 0.000000188. The van der Waals surface area contributed by atoms with Crippen molar-refractivity contribution in [1.29, 1.82) is 0 Å². The average Bonchev–Trinajstić information content (AvgIpc) is 2.71. The zero-order valence-corrected chi connectivity index (χ0v) is 16.4. The molecule has 0 spiro atoms. The highest BCUT2D eigenvalue weighted by atomic mass is 32.2. The standard InChI is InChI=1S/C15H11NO2.C7H8O3S/c17-14-10-13(16-8-4-1-5-9-16)15(18)12-7-3-2-6-11(12)14;1-6-2-4-7(5-3-6)11(8,9)10/h1-10H,(H-,17,18);2-5H,1H3,(H,8,9,10)/p+1. The van der Waals surface area contributed by atoms with Crippen LogP contribution in [0.2, 0.25) is 0 Å². The Morgan fingerprint density at radius 1 is 0.793 bits per heavy atom. The zero-order valence-electron chi connectivity index (χ0n) is 15.6. The van der Waals surface area contributed by atoms with E-state index in [4.69, 9.17) is 4.55 Å². The lowest BCUT2D eigenvalue weighted by Gasteiger charge is -2.05. The Morgan fingerprint density at radius 3 is 1.97 bits per heavy atom. The van der Waals surface area contributed by atoms with Gasteiger partial charge >= 0.3 is 0 Å². The molecule has 1 aromatic heterocycles. The molecule has 3 aromatic carbocycles. The van der Waals surface area contributed by atoms with Crippen molar-refractivity contribution in [2.24, 2.45) is 0 Å². The maximum atomic E-state index is 10.5. The molecule has 0 aliphatic carbocycles. The molecule has 0 unspecified atom stereocenters. The monoisotopic (exact) mass is 410 g/mol. The number of nitrogens with zero attached hydrogens (tertiary/aromatic N) is 1. The van der Waals surface area contributed by atoms with Crippen molar-refractivity contribution in [3.8, 4) is 17.2 Å². The minimum absolute atomic E-state index is 0.0666. The highest BCUT2D eigenvalue weighted by molar-refractivity contribution is 7.85. The largest absolute Gasteiger partial charge is 0.507 e. The molecule has 0 aliphatic heterocycles. The number of rotatable bonds is 2. The summed E-state index contributed by atoms with van der Waals surface area (Å²) in [7, 11) is -4.02. The van der Waals surface area contributed by atoms with Crippen LogP contribution in [0.5, 0.6) is 11.5 Å². The minimum atomic E-state index is -4.02. The molecule has 0 radical (unpaired) electrons. The predicted octanol–water partition coefficient (Wildman–Crippen LogP) is 3.77. The minimum Gasteiger partial charge on any atom is -0.507 e. The fourth-order valence-corrected chi connectivity index (χ4v) is 3.27. The summed E-state index contributed by atoms with van der Waals surface area (Å²) < 4.78 is 31.3. The van der Waals surface area contributed by atoms with E-state index in [1.165, 1.54) is 12.1 Å². The number of fused-ring (bicyclic) bond motifs is 1. The quantitative estimate of drug-likeness (QED) is 0.265. The summed E-state index contributed by atoms with van der Waals surface area (Å²) in [6.45, 7) is 1.84. The van der Waals surface area contributed by atoms with Gasteiger partial charge in [-0.1, -0.05) is 48.0 Å². The van der Waals surface area contributed by atoms with Gasteiger partial charge in [0.25, 0.3) is 15.8 Å². The Labute approximate surface area is 168 Å². The molecule has 148 valence electrons. The van der Waals surface area contributed by atoms with Crippen molar-refractivity contribution in [3.63, 3.8) is 0 Å². The van der Waals surface area contributed by atoms with Crippen LogP contribution in [0.1, 0.15) is 5.56 Å². The summed E-state index contributed by atoms with van der Waals surface area (Å²) in [6.07, 6.45) is 3.65. The predicted molar refractivity (Wildman–Crippen MR) is 110 cm³/mol. The van der Waals surface area contributed by atoms with E-state index >= 15 is 0 Å². The maximum absolute atomic E-state index is 10.5. The van der Waals surface area contributed by atoms with Gasteiger partial charge in [-0.05, 0) is 19.1 Å². The van der Waals surface area contributed by atoms with Crippen molar-refractivity contribution >= 4 is 20.9 Å². The Bertz CT molecular complexity index is 1240. The van der Waals surface area contributed by atoms with Gasteiger partial charge in [0.1, 0.15) is 5.75 Å². The first-order valence-corrected chi connectivity index (χ1v) is 10.2. The Hall–Kier alpha value is -3.42. The van der Waals surface area contributed by atoms with Gasteiger partial charge in [0, 0.05) is 22.9 Å². The van der Waals surface area contributed by atoms with Crippen LogP contribution in [0.25, 0.3) is 16.5 Å². The van der Waals surface area contributed by atoms with Gasteiger partial charge in [-0.25, -0.2) is 0 Å². The second-order valence-electron chi connectivity index (χ2n) is 6.38. The Morgan fingerprint density at radius 2 is 1.38 bits per heavy atom. The molecule has 0 amide bonds. The van der Waals surface area contributed by atoms with E-state index in [0.29, 0.717) is 16.5 Å². The van der Waals surface area contributed by atoms with Crippen molar-refractivity contribution in [2.45, 2.75) is 11.8 Å². The van der Waals surface area contributed by atoms with Crippen LogP contribution in [0.15, 0.2) is 90.1 Å². The number of aromatic hydroxyl groups is 2. The molecule has 0 saturated heterocycles. The lowest BCUT2D eigenvalue weighted by Crippen LogP contribution is -2.28. The van der Waals surface area contributed by atoms with Crippen LogP contribution in [-0.2, 0) is 10.1 Å². The first kappa shape index (κ1) is 20.3. The van der Waals surface area contributed by atoms with E-state index in [9.17, 15) is 18.6 Å². The van der Waals surface area contributed by atoms with Crippen molar-refractivity contribution < 1.29 is 27.8 Å². The smallest absolute Gasteiger partial charge is 0.294 e. The first-order valence-electron chi connectivity index (χ1n) is 8.72. The fourth-order valence-electron chi connectivity index (χ4n) is 2.79. The van der Waals surface area contributed by atoms with Crippen LogP contribution in [0.3, 0.4) is 0 Å². The fraction of sp³-hybridized carbons (Fsp3) is 0.0455. The molecular formula is C22H20NO5S+. The van der Waals surface area contributed by atoms with Crippen molar-refractivity contribution in [2.75, 3.05) is 0 Å². The summed E-state index contributed by atoms with van der Waals surface area (Å²) in [5, 5.41) is 21.6. The number of pyridine rings is 1. The van der Waals surface area contributed by atoms with Crippen molar-refractivity contribution in [1.82, 2.24) is 0 Å². The molecule has 29 heavy (non-hydrogen) atoms. The highest BCUT2D eigenvalue weighted by Gasteiger charge is 2.17. The number of phenolic OH excluding ortho intramolecular Hbond substituents is 2. The maximum Gasteiger partial charge on any atom is 0.294 e. The van der Waals surface area contributed by atoms with Gasteiger partial charge in [-0.2, -0.15) is 13.0 Å². The lowest BCUT2D eigenvalue weighted by atomic mass is 10.1. The van der Waals surface area contributed by atoms with Crippen molar-refractivity contribution in [3.05, 3.63) is 90.8 Å². The number of aromatic nitrogens is 1. The number of hydrogen-bond acceptors (Lipinski definition) is 4. The molecule has 4 rings (SSSR count). The second-order valence-corrected chi connectivity index (χ2v) is 7.80. The topological polar surface area (TPSA) is 98.7 Å². The van der Waals surface area contributed by atoms with E-state index in [0.717, 1.165) is 5.56 Å². The molecule has 4 aromatic rings. The molecule has 1 heterocycles. The number of benzene rings is 3. The van der Waals surface area contributed by atoms with E-state index in [2.05, 4.69) is 0 Å². The van der Waals surface area contributed by atoms with Crippen LogP contribution in [0.4, 0.5) is 0 Å². The van der Waals surface area contributed by atoms with Gasteiger partial charge in [0.05, 0.1) is 11.0 Å². The normalized spacial score (nSPS) is 11.0. The van der Waals surface area contributed by atoms with Crippen LogP contribution >= 0.6 is 0 Å². The summed E-state index contributed by atoms with van der Waals surface area (Å²) in [6, 6.07) is 20.4. The molecule has 7 heteroatoms. The molecule has 0 atom stereocenters. The van der Waals surface area contributed by atoms with Gasteiger partial charge < -0.3 is 10.2 Å². The summed E-state index contributed by atoms with van der Waals surface area (Å²) in [5.74, 6) is 0.328. The molecule has 0 saturated carbocycles. The van der Waals surface area contributed by atoms with Crippen LogP contribution in [0, 0.1) is 6.92 Å². The summed E-state index contributed by atoms with van der Waals surface area (Å²) >= 11 is 0. The third-order valence-electron chi connectivity index (χ3n) is 4.29. The number of phenols is 2. The third-order valence-corrected chi connectivity index (χ3v) is 5.15. The number of hydrogen-bond donors (Lipinski definition) is 3. The second kappa shape index (κ2) is 8.30. The van der Waals surface area contributed by atoms with E-state index in [1.807, 2.05) is 49.6 Å². The molecular weight excluding hydrogens is 390 g/mol. The SMILES string of the molecule is Cc1ccc(S(=O)(=O)O)cc1.Oc1cc(-[n+]2ccccc2)c(O)c2ccccc12. The van der Waals surface area contributed by atoms with Gasteiger partial charge in [-0.3, -0.25) is 4.55 Å². The first-order chi connectivity index (χ1) is 13.8. The molecule has 0 fully saturated rings. The van der Waals surface area contributed by atoms with E-state index < -0.39 is 10.1 Å². The van der Waals surface area contributed by atoms with Gasteiger partial charge in [0.15, 0.2) is 18.1 Å². The molecule has 0 aliphatic rings.